The predicted molar refractivity (Wildman–Crippen MR) is 74.4 cm³/mol. The quantitative estimate of drug-likeness (QED) is 0.745. The SMILES string of the molecule is [CH2]CN(CCCC)C(=S)NC1CCCCC1. The molecule has 0 aromatic carbocycles. The van der Waals surface area contributed by atoms with Gasteiger partial charge in [-0.15, -0.1) is 0 Å². The average Bonchev–Trinajstić information content (AvgIpc) is 2.31. The van der Waals surface area contributed by atoms with Gasteiger partial charge in [-0.1, -0.05) is 32.6 Å². The molecule has 93 valence electrons. The molecule has 0 heterocycles. The first kappa shape index (κ1) is 13.8. The van der Waals surface area contributed by atoms with E-state index in [-0.39, 0.29) is 0 Å². The topological polar surface area (TPSA) is 15.3 Å². The van der Waals surface area contributed by atoms with Crippen LogP contribution < -0.4 is 5.32 Å². The summed E-state index contributed by atoms with van der Waals surface area (Å²) in [6.45, 7) is 7.98. The van der Waals surface area contributed by atoms with Gasteiger partial charge in [0.2, 0.25) is 0 Å². The standard InChI is InChI=1S/C13H25N2S/c1-3-5-11-15(4-2)13(16)14-12-9-7-6-8-10-12/h12H,2-11H2,1H3,(H,14,16). The molecule has 1 N–H and O–H groups in total. The molecule has 2 nitrogen and oxygen atoms in total. The average molecular weight is 241 g/mol. The molecule has 0 aromatic heterocycles. The van der Waals surface area contributed by atoms with Crippen LogP contribution in [0.5, 0.6) is 0 Å². The van der Waals surface area contributed by atoms with E-state index in [1.54, 1.807) is 0 Å². The van der Waals surface area contributed by atoms with E-state index in [1.807, 2.05) is 0 Å². The summed E-state index contributed by atoms with van der Waals surface area (Å²) in [4.78, 5) is 2.19. The van der Waals surface area contributed by atoms with Crippen LogP contribution in [0.25, 0.3) is 0 Å². The Morgan fingerprint density at radius 2 is 2.06 bits per heavy atom. The highest BCUT2D eigenvalue weighted by Crippen LogP contribution is 2.17. The number of unbranched alkanes of at least 4 members (excludes halogenated alkanes) is 1. The van der Waals surface area contributed by atoms with Gasteiger partial charge in [0.05, 0.1) is 0 Å². The number of nitrogens with one attached hydrogen (secondary N) is 1. The first-order valence-corrected chi connectivity index (χ1v) is 7.03. The summed E-state index contributed by atoms with van der Waals surface area (Å²) in [7, 11) is 0. The lowest BCUT2D eigenvalue weighted by Crippen LogP contribution is -2.45. The van der Waals surface area contributed by atoms with E-state index < -0.39 is 0 Å². The van der Waals surface area contributed by atoms with Crippen molar-refractivity contribution in [3.05, 3.63) is 6.92 Å². The summed E-state index contributed by atoms with van der Waals surface area (Å²) >= 11 is 5.44. The Hall–Kier alpha value is -0.310. The van der Waals surface area contributed by atoms with Crippen molar-refractivity contribution in [2.45, 2.75) is 57.9 Å². The molecule has 1 rings (SSSR count). The molecule has 0 aliphatic heterocycles. The van der Waals surface area contributed by atoms with Crippen LogP contribution in [-0.4, -0.2) is 29.1 Å². The van der Waals surface area contributed by atoms with Crippen molar-refractivity contribution in [2.75, 3.05) is 13.1 Å². The van der Waals surface area contributed by atoms with E-state index in [0.717, 1.165) is 18.2 Å². The van der Waals surface area contributed by atoms with Gasteiger partial charge < -0.3 is 10.2 Å². The fourth-order valence-electron chi connectivity index (χ4n) is 2.18. The molecule has 3 heteroatoms. The van der Waals surface area contributed by atoms with E-state index in [9.17, 15) is 0 Å². The molecular formula is C13H25N2S. The Balaban J connectivity index is 2.29. The van der Waals surface area contributed by atoms with Crippen molar-refractivity contribution < 1.29 is 0 Å². The maximum absolute atomic E-state index is 5.44. The number of rotatable bonds is 5. The molecular weight excluding hydrogens is 216 g/mol. The predicted octanol–water partition coefficient (Wildman–Crippen LogP) is 3.13. The third-order valence-electron chi connectivity index (χ3n) is 3.27. The van der Waals surface area contributed by atoms with E-state index in [2.05, 4.69) is 24.1 Å². The summed E-state index contributed by atoms with van der Waals surface area (Å²) in [5, 5.41) is 4.41. The minimum absolute atomic E-state index is 0.608. The number of nitrogens with zero attached hydrogens (tertiary/aromatic N) is 1. The third-order valence-corrected chi connectivity index (χ3v) is 3.65. The van der Waals surface area contributed by atoms with E-state index in [1.165, 1.54) is 44.9 Å². The molecule has 0 saturated heterocycles. The van der Waals surface area contributed by atoms with Gasteiger partial charge in [-0.05, 0) is 38.4 Å². The molecule has 1 radical (unpaired) electrons. The minimum Gasteiger partial charge on any atom is -0.360 e. The lowest BCUT2D eigenvalue weighted by atomic mass is 9.96. The molecule has 0 aromatic rings. The van der Waals surface area contributed by atoms with Gasteiger partial charge in [-0.3, -0.25) is 0 Å². The largest absolute Gasteiger partial charge is 0.360 e. The van der Waals surface area contributed by atoms with E-state index in [0.29, 0.717) is 6.04 Å². The normalized spacial score (nSPS) is 17.1. The van der Waals surface area contributed by atoms with Crippen LogP contribution in [0.1, 0.15) is 51.9 Å². The van der Waals surface area contributed by atoms with Crippen LogP contribution in [-0.2, 0) is 0 Å². The summed E-state index contributed by atoms with van der Waals surface area (Å²) in [5.74, 6) is 0. The van der Waals surface area contributed by atoms with Crippen molar-refractivity contribution >= 4 is 17.3 Å². The fourth-order valence-corrected chi connectivity index (χ4v) is 2.53. The summed E-state index contributed by atoms with van der Waals surface area (Å²) in [5.41, 5.74) is 0. The van der Waals surface area contributed by atoms with Crippen molar-refractivity contribution in [1.82, 2.24) is 10.2 Å². The Labute approximate surface area is 106 Å². The smallest absolute Gasteiger partial charge is 0.169 e. The lowest BCUT2D eigenvalue weighted by molar-refractivity contribution is 0.381. The van der Waals surface area contributed by atoms with Gasteiger partial charge in [0.1, 0.15) is 0 Å². The van der Waals surface area contributed by atoms with Crippen molar-refractivity contribution in [1.29, 1.82) is 0 Å². The molecule has 0 atom stereocenters. The van der Waals surface area contributed by atoms with Gasteiger partial charge in [-0.25, -0.2) is 0 Å². The third kappa shape index (κ3) is 4.69. The van der Waals surface area contributed by atoms with Crippen LogP contribution in [0.2, 0.25) is 0 Å². The van der Waals surface area contributed by atoms with Crippen LogP contribution in [0.15, 0.2) is 0 Å². The molecule has 0 amide bonds. The van der Waals surface area contributed by atoms with Gasteiger partial charge in [0, 0.05) is 19.1 Å². The second kappa shape index (κ2) is 7.88. The van der Waals surface area contributed by atoms with E-state index in [4.69, 9.17) is 12.2 Å². The Bertz CT molecular complexity index is 200. The van der Waals surface area contributed by atoms with Crippen LogP contribution in [0, 0.1) is 6.92 Å². The second-order valence-corrected chi connectivity index (χ2v) is 5.01. The highest BCUT2D eigenvalue weighted by molar-refractivity contribution is 7.80. The number of hydrogen-bond acceptors (Lipinski definition) is 1. The molecule has 0 bridgehead atoms. The Morgan fingerprint density at radius 3 is 2.62 bits per heavy atom. The van der Waals surface area contributed by atoms with Crippen molar-refractivity contribution in [3.8, 4) is 0 Å². The molecule has 1 fully saturated rings. The number of thiocarbonyl (C=S) groups is 1. The number of hydrogen-bond donors (Lipinski definition) is 1. The zero-order valence-corrected chi connectivity index (χ0v) is 11.3. The van der Waals surface area contributed by atoms with Crippen LogP contribution >= 0.6 is 12.2 Å². The van der Waals surface area contributed by atoms with Gasteiger partial charge in [0.25, 0.3) is 0 Å². The van der Waals surface area contributed by atoms with Crippen LogP contribution in [0.3, 0.4) is 0 Å². The van der Waals surface area contributed by atoms with Gasteiger partial charge >= 0.3 is 0 Å². The molecule has 16 heavy (non-hydrogen) atoms. The van der Waals surface area contributed by atoms with Crippen LogP contribution in [0.4, 0.5) is 0 Å². The van der Waals surface area contributed by atoms with Crippen molar-refractivity contribution in [3.63, 3.8) is 0 Å². The summed E-state index contributed by atoms with van der Waals surface area (Å²) in [6.07, 6.45) is 9.04. The summed E-state index contributed by atoms with van der Waals surface area (Å²) < 4.78 is 0. The maximum Gasteiger partial charge on any atom is 0.169 e. The monoisotopic (exact) mass is 241 g/mol. The first-order chi connectivity index (χ1) is 7.77. The lowest BCUT2D eigenvalue weighted by Gasteiger charge is -2.30. The zero-order chi connectivity index (χ0) is 11.8. The molecule has 0 unspecified atom stereocenters. The maximum atomic E-state index is 5.44. The van der Waals surface area contributed by atoms with E-state index >= 15 is 0 Å². The highest BCUT2D eigenvalue weighted by atomic mass is 32.1. The summed E-state index contributed by atoms with van der Waals surface area (Å²) in [6, 6.07) is 0.608. The first-order valence-electron chi connectivity index (χ1n) is 6.62. The molecule has 1 aliphatic carbocycles. The van der Waals surface area contributed by atoms with Gasteiger partial charge in [0.15, 0.2) is 5.11 Å². The fraction of sp³-hybridized carbons (Fsp3) is 0.846. The molecule has 1 aliphatic rings. The van der Waals surface area contributed by atoms with Crippen molar-refractivity contribution in [2.24, 2.45) is 0 Å². The second-order valence-electron chi connectivity index (χ2n) is 4.63. The highest BCUT2D eigenvalue weighted by Gasteiger charge is 2.16. The van der Waals surface area contributed by atoms with Gasteiger partial charge in [-0.2, -0.15) is 0 Å². The minimum atomic E-state index is 0.608. The Kier molecular flexibility index (Phi) is 6.78. The Morgan fingerprint density at radius 1 is 1.38 bits per heavy atom. The molecule has 0 spiro atoms. The zero-order valence-electron chi connectivity index (χ0n) is 10.5. The molecule has 1 saturated carbocycles.